The number of carbonyl (C=O) groups excluding carboxylic acids is 1. The van der Waals surface area contributed by atoms with Gasteiger partial charge >= 0.3 is 12.2 Å². The smallest absolute Gasteiger partial charge is 0.363 e. The molecule has 1 N–H and O–H groups in total. The minimum Gasteiger partial charge on any atom is -0.363 e. The monoisotopic (exact) mass is 453 g/mol. The Hall–Kier alpha value is -2.64. The lowest BCUT2D eigenvalue weighted by Gasteiger charge is -2.37. The van der Waals surface area contributed by atoms with Crippen LogP contribution in [0.2, 0.25) is 0 Å². The average molecular weight is 453 g/mol. The number of likely N-dealkylation sites (tertiary alicyclic amines) is 1. The lowest BCUT2D eigenvalue weighted by molar-refractivity contribution is -0.141. The number of alkyl halides is 4. The molecular weight excluding hydrogens is 434 g/mol. The van der Waals surface area contributed by atoms with Crippen molar-refractivity contribution >= 4 is 21.7 Å². The molecule has 0 radical (unpaired) electrons. The summed E-state index contributed by atoms with van der Waals surface area (Å²) in [4.78, 5) is 13.5. The number of carbonyl (C=O) groups is 1. The van der Waals surface area contributed by atoms with E-state index < -0.39 is 43.7 Å². The highest BCUT2D eigenvalue weighted by molar-refractivity contribution is 7.92. The molecule has 1 atom stereocenters. The first-order valence-corrected chi connectivity index (χ1v) is 10.3. The summed E-state index contributed by atoms with van der Waals surface area (Å²) in [6.07, 6.45) is -3.59. The van der Waals surface area contributed by atoms with Gasteiger partial charge in [-0.25, -0.2) is 17.6 Å². The molecule has 2 amide bonds. The number of nitrogens with one attached hydrogen (secondary N) is 1. The molecule has 14 heteroatoms. The Morgan fingerprint density at radius 3 is 2.40 bits per heavy atom. The first-order chi connectivity index (χ1) is 13.8. The molecule has 1 saturated heterocycles. The number of nitrogens with zero attached hydrogens (tertiary/aromatic N) is 4. The molecule has 0 bridgehead atoms. The number of halogens is 4. The van der Waals surface area contributed by atoms with Gasteiger partial charge in [0.2, 0.25) is 14.8 Å². The van der Waals surface area contributed by atoms with Gasteiger partial charge in [-0.05, 0) is 19.8 Å². The number of sulfone groups is 1. The number of hydrogen-bond donors (Lipinski definition) is 1. The highest BCUT2D eigenvalue weighted by Crippen LogP contribution is 2.40. The third-order valence-electron chi connectivity index (χ3n) is 5.11. The van der Waals surface area contributed by atoms with Crippen LogP contribution in [0.15, 0.2) is 27.9 Å². The van der Waals surface area contributed by atoms with Crippen LogP contribution in [0, 0.1) is 5.92 Å². The zero-order valence-electron chi connectivity index (χ0n) is 16.0. The number of aromatic nitrogens is 3. The summed E-state index contributed by atoms with van der Waals surface area (Å²) in [5, 5.41) is 5.46. The molecule has 1 aliphatic heterocycles. The van der Waals surface area contributed by atoms with Crippen molar-refractivity contribution in [2.45, 2.75) is 36.0 Å². The molecule has 3 rings (SSSR count). The van der Waals surface area contributed by atoms with E-state index in [-0.39, 0.29) is 31.7 Å². The van der Waals surface area contributed by atoms with Gasteiger partial charge in [0.25, 0.3) is 0 Å². The van der Waals surface area contributed by atoms with Crippen molar-refractivity contribution in [1.82, 2.24) is 19.8 Å². The summed E-state index contributed by atoms with van der Waals surface area (Å²) in [5.41, 5.74) is -1.42. The zero-order valence-corrected chi connectivity index (χ0v) is 16.8. The van der Waals surface area contributed by atoms with Crippen LogP contribution in [0.3, 0.4) is 0 Å². The topological polar surface area (TPSA) is 110 Å². The molecule has 1 aliphatic rings. The Kier molecular flexibility index (Phi) is 5.56. The van der Waals surface area contributed by atoms with Gasteiger partial charge in [-0.15, -0.1) is 0 Å². The number of rotatable bonds is 4. The predicted octanol–water partition coefficient (Wildman–Crippen LogP) is 2.83. The van der Waals surface area contributed by atoms with Gasteiger partial charge in [0, 0.05) is 38.2 Å². The molecular formula is C16H19F4N5O4S. The molecule has 0 spiro atoms. The van der Waals surface area contributed by atoms with Gasteiger partial charge in [-0.2, -0.15) is 18.3 Å². The van der Waals surface area contributed by atoms with Crippen LogP contribution >= 0.6 is 0 Å². The van der Waals surface area contributed by atoms with E-state index in [0.717, 1.165) is 14.0 Å². The van der Waals surface area contributed by atoms with Crippen molar-refractivity contribution in [2.24, 2.45) is 13.0 Å². The summed E-state index contributed by atoms with van der Waals surface area (Å²) < 4.78 is 84.8. The third-order valence-corrected chi connectivity index (χ3v) is 7.43. The van der Waals surface area contributed by atoms with Gasteiger partial charge in [0.15, 0.2) is 16.5 Å². The number of piperidine rings is 1. The fourth-order valence-corrected chi connectivity index (χ4v) is 5.07. The number of amides is 2. The summed E-state index contributed by atoms with van der Waals surface area (Å²) in [6.45, 7) is 0.948. The van der Waals surface area contributed by atoms with Gasteiger partial charge in [0.05, 0.1) is 0 Å². The molecule has 9 nitrogen and oxygen atoms in total. The minimum atomic E-state index is -4.86. The van der Waals surface area contributed by atoms with Crippen LogP contribution in [0.4, 0.5) is 28.2 Å². The Bertz CT molecular complexity index is 1010. The first kappa shape index (κ1) is 22.1. The molecule has 0 saturated carbocycles. The Morgan fingerprint density at radius 1 is 1.27 bits per heavy atom. The van der Waals surface area contributed by atoms with E-state index in [9.17, 15) is 26.4 Å². The lowest BCUT2D eigenvalue weighted by Crippen LogP contribution is -2.48. The quantitative estimate of drug-likeness (QED) is 0.713. The van der Waals surface area contributed by atoms with Crippen molar-refractivity contribution in [3.05, 3.63) is 24.1 Å². The maximum Gasteiger partial charge on any atom is 0.435 e. The molecule has 2 aromatic rings. The molecule has 0 aromatic carbocycles. The van der Waals surface area contributed by atoms with E-state index in [1.54, 1.807) is 0 Å². The third kappa shape index (κ3) is 4.00. The van der Waals surface area contributed by atoms with E-state index in [4.69, 9.17) is 0 Å². The average Bonchev–Trinajstić information content (AvgIpc) is 3.31. The zero-order chi connectivity index (χ0) is 22.3. The van der Waals surface area contributed by atoms with Crippen molar-refractivity contribution in [3.63, 3.8) is 0 Å². The van der Waals surface area contributed by atoms with Crippen LogP contribution in [-0.4, -0.2) is 52.4 Å². The lowest BCUT2D eigenvalue weighted by atomic mass is 9.92. The summed E-state index contributed by atoms with van der Waals surface area (Å²) >= 11 is 0. The fraction of sp³-hybridized carbons (Fsp3) is 0.562. The predicted molar refractivity (Wildman–Crippen MR) is 94.7 cm³/mol. The molecule has 166 valence electrons. The molecule has 0 aliphatic carbocycles. The highest BCUT2D eigenvalue weighted by atomic mass is 32.2. The van der Waals surface area contributed by atoms with Gasteiger partial charge in [-0.3, -0.25) is 10.00 Å². The highest BCUT2D eigenvalue weighted by Gasteiger charge is 2.50. The Balaban J connectivity index is 1.73. The summed E-state index contributed by atoms with van der Waals surface area (Å²) in [6, 6.07) is 1.25. The maximum atomic E-state index is 15.5. The maximum absolute atomic E-state index is 15.5. The second kappa shape index (κ2) is 7.56. The van der Waals surface area contributed by atoms with Crippen LogP contribution in [0.5, 0.6) is 0 Å². The standard InChI is InChI=1S/C16H19F4N5O4S/c1-15(17,30(27,28)13-9-11(16(18,19)20)22-24(13)2)10-3-6-25(7-4-10)14(26)21-12-5-8-29-23-12/h5,8-10H,3-4,6-7H2,1-2H3,(H,21,23,26)/t15-/m1/s1. The van der Waals surface area contributed by atoms with Crippen molar-refractivity contribution in [1.29, 1.82) is 0 Å². The Morgan fingerprint density at radius 2 is 1.90 bits per heavy atom. The number of aryl methyl sites for hydroxylation is 1. The molecule has 3 heterocycles. The fourth-order valence-electron chi connectivity index (χ4n) is 3.33. The molecule has 1 fully saturated rings. The van der Waals surface area contributed by atoms with E-state index in [1.807, 2.05) is 0 Å². The van der Waals surface area contributed by atoms with Crippen LogP contribution in [0.25, 0.3) is 0 Å². The first-order valence-electron chi connectivity index (χ1n) is 8.85. The van der Waals surface area contributed by atoms with Crippen LogP contribution in [0.1, 0.15) is 25.5 Å². The molecule has 0 unspecified atom stereocenters. The van der Waals surface area contributed by atoms with Crippen molar-refractivity contribution in [3.8, 4) is 0 Å². The van der Waals surface area contributed by atoms with Gasteiger partial charge in [-0.1, -0.05) is 5.16 Å². The molecule has 30 heavy (non-hydrogen) atoms. The van der Waals surface area contributed by atoms with Crippen LogP contribution in [-0.2, 0) is 23.1 Å². The van der Waals surface area contributed by atoms with Crippen LogP contribution < -0.4 is 5.32 Å². The van der Waals surface area contributed by atoms with Crippen molar-refractivity contribution < 1.29 is 35.3 Å². The Labute approximate surface area is 168 Å². The normalized spacial score (nSPS) is 18.3. The van der Waals surface area contributed by atoms with E-state index in [1.165, 1.54) is 17.2 Å². The van der Waals surface area contributed by atoms with E-state index in [2.05, 4.69) is 20.1 Å². The van der Waals surface area contributed by atoms with Gasteiger partial charge in [0.1, 0.15) is 6.26 Å². The summed E-state index contributed by atoms with van der Waals surface area (Å²) in [7, 11) is -3.79. The van der Waals surface area contributed by atoms with Gasteiger partial charge < -0.3 is 9.42 Å². The molecule has 2 aromatic heterocycles. The SMILES string of the molecule is Cn1nc(C(F)(F)F)cc1S(=O)(=O)[C@@](C)(F)C1CCN(C(=O)Nc2ccon2)CC1. The second-order valence-electron chi connectivity index (χ2n) is 7.05. The minimum absolute atomic E-state index is 0.00243. The number of anilines is 1. The van der Waals surface area contributed by atoms with E-state index in [0.29, 0.717) is 10.7 Å². The van der Waals surface area contributed by atoms with Crippen molar-refractivity contribution in [2.75, 3.05) is 18.4 Å². The largest absolute Gasteiger partial charge is 0.435 e. The van der Waals surface area contributed by atoms with E-state index >= 15 is 4.39 Å². The number of hydrogen-bond acceptors (Lipinski definition) is 6. The second-order valence-corrected chi connectivity index (χ2v) is 9.28. The number of urea groups is 1. The summed E-state index contributed by atoms with van der Waals surface area (Å²) in [5.74, 6) is -0.834.